The van der Waals surface area contributed by atoms with E-state index in [1.807, 2.05) is 18.2 Å². The summed E-state index contributed by atoms with van der Waals surface area (Å²) in [5, 5.41) is 0. The largest absolute Gasteiger partial charge is 0.465 e. The van der Waals surface area contributed by atoms with Gasteiger partial charge in [0.2, 0.25) is 0 Å². The number of esters is 1. The summed E-state index contributed by atoms with van der Waals surface area (Å²) in [6.45, 7) is 0.811. The van der Waals surface area contributed by atoms with Crippen molar-refractivity contribution in [2.45, 2.75) is 6.54 Å². The average molecular weight is 208 g/mol. The fourth-order valence-electron chi connectivity index (χ4n) is 1.48. The number of rotatable bonds is 3. The van der Waals surface area contributed by atoms with Gasteiger partial charge in [0.1, 0.15) is 6.54 Å². The molecule has 0 radical (unpaired) electrons. The van der Waals surface area contributed by atoms with Crippen LogP contribution in [0.3, 0.4) is 0 Å². The Hall–Kier alpha value is -1.35. The molecule has 1 rings (SSSR count). The zero-order valence-corrected chi connectivity index (χ0v) is 9.78. The molecule has 1 aromatic carbocycles. The highest BCUT2D eigenvalue weighted by Gasteiger charge is 2.16. The summed E-state index contributed by atoms with van der Waals surface area (Å²) in [7, 11) is 7.68. The Kier molecular flexibility index (Phi) is 3.48. The second kappa shape index (κ2) is 4.45. The summed E-state index contributed by atoms with van der Waals surface area (Å²) in [6.07, 6.45) is 0. The first-order valence-corrected chi connectivity index (χ1v) is 4.91. The van der Waals surface area contributed by atoms with Crippen molar-refractivity contribution in [3.8, 4) is 0 Å². The number of carbonyl (C=O) groups excluding carboxylic acids is 1. The van der Waals surface area contributed by atoms with Gasteiger partial charge in [0, 0.05) is 5.56 Å². The number of hydrogen-bond acceptors (Lipinski definition) is 2. The lowest BCUT2D eigenvalue weighted by atomic mass is 10.1. The smallest absolute Gasteiger partial charge is 0.338 e. The van der Waals surface area contributed by atoms with Crippen LogP contribution in [0.5, 0.6) is 0 Å². The van der Waals surface area contributed by atoms with E-state index in [0.29, 0.717) is 5.56 Å². The maximum Gasteiger partial charge on any atom is 0.338 e. The number of quaternary nitrogens is 1. The van der Waals surface area contributed by atoms with E-state index in [4.69, 9.17) is 4.74 Å². The van der Waals surface area contributed by atoms with Crippen molar-refractivity contribution >= 4 is 5.97 Å². The van der Waals surface area contributed by atoms with Crippen molar-refractivity contribution in [1.82, 2.24) is 0 Å². The summed E-state index contributed by atoms with van der Waals surface area (Å²) in [5.74, 6) is -0.265. The lowest BCUT2D eigenvalue weighted by Crippen LogP contribution is -2.34. The summed E-state index contributed by atoms with van der Waals surface area (Å²) in [5.41, 5.74) is 1.69. The van der Waals surface area contributed by atoms with E-state index in [9.17, 15) is 4.79 Å². The van der Waals surface area contributed by atoms with Crippen LogP contribution >= 0.6 is 0 Å². The van der Waals surface area contributed by atoms with Crippen LogP contribution in [-0.2, 0) is 11.3 Å². The molecule has 0 unspecified atom stereocenters. The lowest BCUT2D eigenvalue weighted by molar-refractivity contribution is -0.884. The highest BCUT2D eigenvalue weighted by molar-refractivity contribution is 5.90. The molecule has 0 aromatic heterocycles. The Bertz CT molecular complexity index is 353. The van der Waals surface area contributed by atoms with E-state index in [1.165, 1.54) is 7.11 Å². The van der Waals surface area contributed by atoms with Gasteiger partial charge >= 0.3 is 5.97 Å². The van der Waals surface area contributed by atoms with E-state index in [1.54, 1.807) is 6.07 Å². The van der Waals surface area contributed by atoms with Gasteiger partial charge in [0.15, 0.2) is 0 Å². The van der Waals surface area contributed by atoms with Crippen molar-refractivity contribution < 1.29 is 14.0 Å². The van der Waals surface area contributed by atoms with Crippen LogP contribution in [0.4, 0.5) is 0 Å². The number of carbonyl (C=O) groups is 1. The van der Waals surface area contributed by atoms with Crippen LogP contribution in [-0.4, -0.2) is 38.7 Å². The molecule has 0 aliphatic rings. The van der Waals surface area contributed by atoms with E-state index in [0.717, 1.165) is 16.6 Å². The van der Waals surface area contributed by atoms with Gasteiger partial charge in [-0.25, -0.2) is 4.79 Å². The summed E-state index contributed by atoms with van der Waals surface area (Å²) in [6, 6.07) is 7.56. The van der Waals surface area contributed by atoms with Gasteiger partial charge in [-0.1, -0.05) is 18.2 Å². The normalized spacial score (nSPS) is 11.2. The zero-order valence-electron chi connectivity index (χ0n) is 9.78. The predicted molar refractivity (Wildman–Crippen MR) is 59.5 cm³/mol. The Morgan fingerprint density at radius 1 is 1.27 bits per heavy atom. The first kappa shape index (κ1) is 11.7. The molecule has 3 heteroatoms. The molecular formula is C12H18NO2+. The lowest BCUT2D eigenvalue weighted by Gasteiger charge is -2.24. The molecule has 1 aromatic rings. The molecule has 0 saturated carbocycles. The van der Waals surface area contributed by atoms with Gasteiger partial charge in [-0.3, -0.25) is 0 Å². The van der Waals surface area contributed by atoms with Crippen molar-refractivity contribution in [2.75, 3.05) is 28.3 Å². The molecule has 0 spiro atoms. The summed E-state index contributed by atoms with van der Waals surface area (Å²) < 4.78 is 5.53. The van der Waals surface area contributed by atoms with Crippen molar-refractivity contribution in [2.24, 2.45) is 0 Å². The number of ether oxygens (including phenoxy) is 1. The highest BCUT2D eigenvalue weighted by Crippen LogP contribution is 2.13. The third-order valence-electron chi connectivity index (χ3n) is 2.07. The van der Waals surface area contributed by atoms with E-state index >= 15 is 0 Å². The van der Waals surface area contributed by atoms with Crippen molar-refractivity contribution in [3.63, 3.8) is 0 Å². The Balaban J connectivity index is 3.02. The van der Waals surface area contributed by atoms with Crippen LogP contribution in [0.1, 0.15) is 15.9 Å². The molecule has 0 fully saturated rings. The molecule has 82 valence electrons. The minimum atomic E-state index is -0.265. The second-order valence-electron chi connectivity index (χ2n) is 4.60. The third-order valence-corrected chi connectivity index (χ3v) is 2.07. The minimum absolute atomic E-state index is 0.265. The van der Waals surface area contributed by atoms with Gasteiger partial charge in [-0.15, -0.1) is 0 Å². The number of benzene rings is 1. The molecule has 0 bridgehead atoms. The zero-order chi connectivity index (χ0) is 11.5. The first-order chi connectivity index (χ1) is 6.94. The van der Waals surface area contributed by atoms with Gasteiger partial charge in [-0.05, 0) is 6.07 Å². The minimum Gasteiger partial charge on any atom is -0.465 e. The van der Waals surface area contributed by atoms with E-state index in [-0.39, 0.29) is 5.97 Å². The van der Waals surface area contributed by atoms with Gasteiger partial charge in [0.05, 0.1) is 33.8 Å². The highest BCUT2D eigenvalue weighted by atomic mass is 16.5. The number of hydrogen-bond donors (Lipinski definition) is 0. The third kappa shape index (κ3) is 3.36. The maximum absolute atomic E-state index is 11.5. The van der Waals surface area contributed by atoms with Crippen molar-refractivity contribution in [1.29, 1.82) is 0 Å². The van der Waals surface area contributed by atoms with Crippen molar-refractivity contribution in [3.05, 3.63) is 35.4 Å². The Morgan fingerprint density at radius 3 is 2.40 bits per heavy atom. The molecule has 0 aliphatic carbocycles. The SMILES string of the molecule is COC(=O)c1ccccc1C[N+](C)(C)C. The van der Waals surface area contributed by atoms with Gasteiger partial charge in [0.25, 0.3) is 0 Å². The standard InChI is InChI=1S/C12H18NO2/c1-13(2,3)9-10-7-5-6-8-11(10)12(14)15-4/h5-8H,9H2,1-4H3/q+1. The van der Waals surface area contributed by atoms with Crippen LogP contribution in [0, 0.1) is 0 Å². The number of methoxy groups -OCH3 is 1. The topological polar surface area (TPSA) is 26.3 Å². The molecular weight excluding hydrogens is 190 g/mol. The molecule has 0 atom stereocenters. The first-order valence-electron chi connectivity index (χ1n) is 4.91. The van der Waals surface area contributed by atoms with Crippen LogP contribution in [0.2, 0.25) is 0 Å². The molecule has 0 saturated heterocycles. The monoisotopic (exact) mass is 208 g/mol. The van der Waals surface area contributed by atoms with Crippen LogP contribution in [0.25, 0.3) is 0 Å². The molecule has 0 amide bonds. The Morgan fingerprint density at radius 2 is 1.87 bits per heavy atom. The predicted octanol–water partition coefficient (Wildman–Crippen LogP) is 1.68. The second-order valence-corrected chi connectivity index (χ2v) is 4.60. The molecule has 0 aliphatic heterocycles. The maximum atomic E-state index is 11.5. The molecule has 0 heterocycles. The van der Waals surface area contributed by atoms with E-state index in [2.05, 4.69) is 21.1 Å². The Labute approximate surface area is 90.9 Å². The fraction of sp³-hybridized carbons (Fsp3) is 0.417. The average Bonchev–Trinajstić information content (AvgIpc) is 2.15. The summed E-state index contributed by atoms with van der Waals surface area (Å²) in [4.78, 5) is 11.5. The van der Waals surface area contributed by atoms with Crippen LogP contribution < -0.4 is 0 Å². The molecule has 3 nitrogen and oxygen atoms in total. The van der Waals surface area contributed by atoms with E-state index < -0.39 is 0 Å². The number of nitrogens with zero attached hydrogens (tertiary/aromatic N) is 1. The summed E-state index contributed by atoms with van der Waals surface area (Å²) >= 11 is 0. The quantitative estimate of drug-likeness (QED) is 0.558. The molecule has 0 N–H and O–H groups in total. The van der Waals surface area contributed by atoms with Crippen LogP contribution in [0.15, 0.2) is 24.3 Å². The van der Waals surface area contributed by atoms with Gasteiger partial charge < -0.3 is 9.22 Å². The molecule has 15 heavy (non-hydrogen) atoms. The fourth-order valence-corrected chi connectivity index (χ4v) is 1.48. The van der Waals surface area contributed by atoms with Gasteiger partial charge in [-0.2, -0.15) is 0 Å².